The molecule has 1 aliphatic heterocycles. The van der Waals surface area contributed by atoms with Gasteiger partial charge < -0.3 is 9.30 Å². The molecular formula is C28H27N3O2S. The molecule has 1 atom stereocenters. The van der Waals surface area contributed by atoms with E-state index in [2.05, 4.69) is 16.7 Å². The molecule has 1 fully saturated rings. The van der Waals surface area contributed by atoms with Gasteiger partial charge in [0.2, 0.25) is 5.91 Å². The fraction of sp³-hybridized carbons (Fsp3) is 0.214. The zero-order valence-corrected chi connectivity index (χ0v) is 19.7. The average Bonchev–Trinajstić information content (AvgIpc) is 3.55. The van der Waals surface area contributed by atoms with Crippen LogP contribution in [-0.2, 0) is 16.1 Å². The first-order valence-electron chi connectivity index (χ1n) is 11.6. The smallest absolute Gasteiger partial charge is 0.242 e. The predicted octanol–water partition coefficient (Wildman–Crippen LogP) is 6.19. The van der Waals surface area contributed by atoms with Crippen LogP contribution < -0.4 is 4.90 Å². The molecule has 1 amide bonds. The van der Waals surface area contributed by atoms with Crippen molar-refractivity contribution in [1.29, 1.82) is 0 Å². The molecule has 0 saturated carbocycles. The summed E-state index contributed by atoms with van der Waals surface area (Å²) >= 11 is 1.48. The number of para-hydroxylation sites is 2. The van der Waals surface area contributed by atoms with E-state index < -0.39 is 0 Å². The lowest BCUT2D eigenvalue weighted by Crippen LogP contribution is -2.27. The van der Waals surface area contributed by atoms with Crippen molar-refractivity contribution < 1.29 is 9.53 Å². The van der Waals surface area contributed by atoms with Crippen molar-refractivity contribution in [1.82, 2.24) is 9.55 Å². The van der Waals surface area contributed by atoms with Gasteiger partial charge in [-0.1, -0.05) is 78.5 Å². The minimum Gasteiger partial charge on any atom is -0.376 e. The molecule has 0 N–H and O–H groups in total. The van der Waals surface area contributed by atoms with Crippen LogP contribution in [0.25, 0.3) is 11.3 Å². The number of nitrogens with zero attached hydrogens (tertiary/aromatic N) is 3. The maximum Gasteiger partial charge on any atom is 0.242 e. The van der Waals surface area contributed by atoms with Crippen LogP contribution in [0.15, 0.2) is 102 Å². The highest BCUT2D eigenvalue weighted by atomic mass is 32.2. The molecule has 2 heterocycles. The average molecular weight is 470 g/mol. The van der Waals surface area contributed by atoms with Gasteiger partial charge in [-0.3, -0.25) is 9.69 Å². The molecule has 3 aromatic carbocycles. The van der Waals surface area contributed by atoms with Crippen LogP contribution in [0.2, 0.25) is 0 Å². The molecule has 5 nitrogen and oxygen atoms in total. The van der Waals surface area contributed by atoms with Crippen molar-refractivity contribution in [2.24, 2.45) is 0 Å². The first-order valence-corrected chi connectivity index (χ1v) is 12.6. The maximum absolute atomic E-state index is 13.5. The van der Waals surface area contributed by atoms with Gasteiger partial charge in [-0.25, -0.2) is 4.98 Å². The third-order valence-corrected chi connectivity index (χ3v) is 6.88. The van der Waals surface area contributed by atoms with Crippen LogP contribution in [0.1, 0.15) is 12.8 Å². The maximum atomic E-state index is 13.5. The molecular weight excluding hydrogens is 442 g/mol. The van der Waals surface area contributed by atoms with Crippen molar-refractivity contribution >= 4 is 29.0 Å². The van der Waals surface area contributed by atoms with Gasteiger partial charge in [0.15, 0.2) is 5.16 Å². The lowest BCUT2D eigenvalue weighted by atomic mass is 10.1. The van der Waals surface area contributed by atoms with E-state index in [1.807, 2.05) is 85.1 Å². The van der Waals surface area contributed by atoms with E-state index in [4.69, 9.17) is 9.72 Å². The molecule has 172 valence electrons. The summed E-state index contributed by atoms with van der Waals surface area (Å²) in [5, 5.41) is 0.837. The van der Waals surface area contributed by atoms with Crippen molar-refractivity contribution in [2.45, 2.75) is 30.6 Å². The Morgan fingerprint density at radius 3 is 2.15 bits per heavy atom. The second-order valence-electron chi connectivity index (χ2n) is 8.23. The summed E-state index contributed by atoms with van der Waals surface area (Å²) in [5.74, 6) is 0.288. The lowest BCUT2D eigenvalue weighted by Gasteiger charge is -2.23. The first-order chi connectivity index (χ1) is 16.8. The largest absolute Gasteiger partial charge is 0.376 e. The Morgan fingerprint density at radius 2 is 1.56 bits per heavy atom. The molecule has 5 rings (SSSR count). The van der Waals surface area contributed by atoms with Crippen molar-refractivity contribution in [3.8, 4) is 11.3 Å². The molecule has 0 radical (unpaired) electrons. The zero-order valence-electron chi connectivity index (χ0n) is 18.9. The van der Waals surface area contributed by atoms with E-state index in [1.165, 1.54) is 11.8 Å². The molecule has 34 heavy (non-hydrogen) atoms. The number of anilines is 2. The Hall–Kier alpha value is -3.35. The molecule has 0 bridgehead atoms. The van der Waals surface area contributed by atoms with Crippen LogP contribution in [0.3, 0.4) is 0 Å². The fourth-order valence-electron chi connectivity index (χ4n) is 4.26. The number of hydrogen-bond acceptors (Lipinski definition) is 4. The van der Waals surface area contributed by atoms with Crippen LogP contribution >= 0.6 is 11.8 Å². The van der Waals surface area contributed by atoms with Gasteiger partial charge >= 0.3 is 0 Å². The fourth-order valence-corrected chi connectivity index (χ4v) is 5.10. The highest BCUT2D eigenvalue weighted by molar-refractivity contribution is 7.99. The third-order valence-electron chi connectivity index (χ3n) is 5.90. The minimum absolute atomic E-state index is 0.00956. The number of carbonyl (C=O) groups excluding carboxylic acids is 1. The monoisotopic (exact) mass is 469 g/mol. The summed E-state index contributed by atoms with van der Waals surface area (Å²) in [5.41, 5.74) is 3.87. The standard InChI is InChI=1S/C28H27N3O2S/c32-27(31(23-13-6-2-7-14-23)24-15-8-3-9-16-24)21-34-28-29-19-26(22-11-4-1-5-12-22)30(28)20-25-17-10-18-33-25/h1-9,11-16,19,25H,10,17-18,20-21H2/t25-/m0/s1. The third kappa shape index (κ3) is 5.08. The number of benzene rings is 3. The van der Waals surface area contributed by atoms with Gasteiger partial charge in [0.05, 0.1) is 30.3 Å². The lowest BCUT2D eigenvalue weighted by molar-refractivity contribution is -0.115. The summed E-state index contributed by atoms with van der Waals surface area (Å²) in [6.45, 7) is 1.55. The van der Waals surface area contributed by atoms with Crippen LogP contribution in [-0.4, -0.2) is 33.9 Å². The number of rotatable bonds is 8. The molecule has 6 heteroatoms. The van der Waals surface area contributed by atoms with E-state index in [0.717, 1.165) is 53.8 Å². The normalized spacial score (nSPS) is 15.4. The Balaban J connectivity index is 1.40. The summed E-state index contributed by atoms with van der Waals surface area (Å²) in [7, 11) is 0. The molecule has 0 spiro atoms. The minimum atomic E-state index is 0.00956. The van der Waals surface area contributed by atoms with E-state index in [0.29, 0.717) is 0 Å². The number of ether oxygens (including phenoxy) is 1. The van der Waals surface area contributed by atoms with E-state index >= 15 is 0 Å². The van der Waals surface area contributed by atoms with Crippen LogP contribution in [0.5, 0.6) is 0 Å². The van der Waals surface area contributed by atoms with Crippen molar-refractivity contribution in [2.75, 3.05) is 17.3 Å². The topological polar surface area (TPSA) is 47.4 Å². The molecule has 1 aromatic heterocycles. The Morgan fingerprint density at radius 1 is 0.941 bits per heavy atom. The Kier molecular flexibility index (Phi) is 7.08. The molecule has 0 unspecified atom stereocenters. The molecule has 4 aromatic rings. The number of imidazole rings is 1. The number of carbonyl (C=O) groups is 1. The molecule has 1 saturated heterocycles. The second kappa shape index (κ2) is 10.7. The highest BCUT2D eigenvalue weighted by Gasteiger charge is 2.23. The summed E-state index contributed by atoms with van der Waals surface area (Å²) in [4.78, 5) is 20.0. The van der Waals surface area contributed by atoms with Crippen LogP contribution in [0.4, 0.5) is 11.4 Å². The van der Waals surface area contributed by atoms with E-state index in [-0.39, 0.29) is 17.8 Å². The second-order valence-corrected chi connectivity index (χ2v) is 9.17. The Labute approximate surface area is 204 Å². The van der Waals surface area contributed by atoms with Crippen LogP contribution in [0, 0.1) is 0 Å². The van der Waals surface area contributed by atoms with Gasteiger partial charge in [-0.05, 0) is 42.7 Å². The summed E-state index contributed by atoms with van der Waals surface area (Å²) in [6, 6.07) is 29.8. The summed E-state index contributed by atoms with van der Waals surface area (Å²) < 4.78 is 8.13. The zero-order chi connectivity index (χ0) is 23.2. The Bertz CT molecular complexity index is 1170. The SMILES string of the molecule is O=C(CSc1ncc(-c2ccccc2)n1C[C@@H]1CCCO1)N(c1ccccc1)c1ccccc1. The summed E-state index contributed by atoms with van der Waals surface area (Å²) in [6.07, 6.45) is 4.22. The van der Waals surface area contributed by atoms with Crippen molar-refractivity contribution in [3.05, 3.63) is 97.2 Å². The highest BCUT2D eigenvalue weighted by Crippen LogP contribution is 2.30. The number of amides is 1. The first kappa shape index (κ1) is 22.4. The molecule has 1 aliphatic rings. The van der Waals surface area contributed by atoms with E-state index in [1.54, 1.807) is 4.90 Å². The van der Waals surface area contributed by atoms with Crippen molar-refractivity contribution in [3.63, 3.8) is 0 Å². The number of thioether (sulfide) groups is 1. The van der Waals surface area contributed by atoms with Gasteiger partial charge in [-0.15, -0.1) is 0 Å². The van der Waals surface area contributed by atoms with E-state index in [9.17, 15) is 4.79 Å². The molecule has 0 aliphatic carbocycles. The number of hydrogen-bond donors (Lipinski definition) is 0. The van der Waals surface area contributed by atoms with Gasteiger partial charge in [0, 0.05) is 18.0 Å². The van der Waals surface area contributed by atoms with Gasteiger partial charge in [0.25, 0.3) is 0 Å². The quantitative estimate of drug-likeness (QED) is 0.289. The number of aromatic nitrogens is 2. The predicted molar refractivity (Wildman–Crippen MR) is 137 cm³/mol. The van der Waals surface area contributed by atoms with Gasteiger partial charge in [0.1, 0.15) is 0 Å². The van der Waals surface area contributed by atoms with Gasteiger partial charge in [-0.2, -0.15) is 0 Å².